The third-order valence-corrected chi connectivity index (χ3v) is 17.5. The second-order valence-corrected chi connectivity index (χ2v) is 27.2. The zero-order chi connectivity index (χ0) is 56.1. The lowest BCUT2D eigenvalue weighted by atomic mass is 9.33. The van der Waals surface area contributed by atoms with Crippen LogP contribution in [0.4, 0.5) is 34.1 Å². The molecular formula is C76H69BN4. The normalized spacial score (nSPS) is 13.6. The highest BCUT2D eigenvalue weighted by Crippen LogP contribution is 2.51. The zero-order valence-electron chi connectivity index (χ0n) is 48.9. The van der Waals surface area contributed by atoms with Crippen molar-refractivity contribution < 1.29 is 0 Å². The summed E-state index contributed by atoms with van der Waals surface area (Å²) in [4.78, 5) is 16.6. The molecule has 5 heteroatoms. The van der Waals surface area contributed by atoms with Crippen molar-refractivity contribution in [1.82, 2.24) is 9.97 Å². The summed E-state index contributed by atoms with van der Waals surface area (Å²) in [7, 11) is 0. The third kappa shape index (κ3) is 8.41. The fourth-order valence-corrected chi connectivity index (χ4v) is 12.9. The van der Waals surface area contributed by atoms with Crippen LogP contribution in [0.5, 0.6) is 0 Å². The van der Waals surface area contributed by atoms with Crippen LogP contribution in [-0.2, 0) is 21.7 Å². The van der Waals surface area contributed by atoms with E-state index >= 15 is 0 Å². The van der Waals surface area contributed by atoms with E-state index in [1.807, 2.05) is 0 Å². The Kier molecular flexibility index (Phi) is 11.3. The van der Waals surface area contributed by atoms with Crippen molar-refractivity contribution in [3.63, 3.8) is 0 Å². The second-order valence-electron chi connectivity index (χ2n) is 27.2. The van der Waals surface area contributed by atoms with Crippen LogP contribution in [0.2, 0.25) is 0 Å². The Balaban J connectivity index is 1.20. The Morgan fingerprint density at radius 3 is 1.19 bits per heavy atom. The van der Waals surface area contributed by atoms with E-state index in [0.717, 1.165) is 50.5 Å². The van der Waals surface area contributed by atoms with Crippen LogP contribution in [-0.4, -0.2) is 16.7 Å². The highest BCUT2D eigenvalue weighted by molar-refractivity contribution is 7.00. The van der Waals surface area contributed by atoms with E-state index in [-0.39, 0.29) is 28.4 Å². The Morgan fingerprint density at radius 1 is 0.333 bits per heavy atom. The SMILES string of the molecule is CC(C)(C)c1cc(N2c3cc(-c4nc(-c5ccccc5)c5ccccc5n4)cc4c3B(c3ccc5cc6ccccc6cc5c32)c2ccc3cc5ccccc5cc3c2N4c2cc(C(C)(C)C)cc(C(C)(C)C)c2)cc(C(C)(C)C)c1. The predicted octanol–water partition coefficient (Wildman–Crippen LogP) is 18.8. The Labute approximate surface area is 478 Å². The van der Waals surface area contributed by atoms with Gasteiger partial charge in [-0.3, -0.25) is 0 Å². The molecule has 11 aromatic carbocycles. The fraction of sp³-hybridized carbons (Fsp3) is 0.211. The molecule has 4 nitrogen and oxygen atoms in total. The van der Waals surface area contributed by atoms with Gasteiger partial charge < -0.3 is 9.80 Å². The van der Waals surface area contributed by atoms with Crippen LogP contribution < -0.4 is 26.2 Å². The molecule has 396 valence electrons. The summed E-state index contributed by atoms with van der Waals surface area (Å²) in [6.45, 7) is 28.1. The average molecular weight is 1050 g/mol. The standard InChI is InChI=1S/C76H69BN4/c1-73(2,3)54-40-55(74(4,5)6)43-58(42-54)80-66-38-53(72-78-65-29-21-20-28-60(65)69(79-72)46-22-14-13-15-23-46)39-67-68(66)77(63-32-30-51-34-47-24-16-18-26-49(47)36-61(51)70(63)80)64-33-31-52-35-48-25-17-19-27-50(48)37-62(52)71(64)81(67)59-44-56(75(7,8)9)41-57(45-59)76(10,11)12/h13-45H,1-12H3. The van der Waals surface area contributed by atoms with E-state index in [1.54, 1.807) is 0 Å². The van der Waals surface area contributed by atoms with Crippen LogP contribution in [0, 0.1) is 0 Å². The molecule has 2 aliphatic rings. The summed E-state index contributed by atoms with van der Waals surface area (Å²) in [6, 6.07) is 75.9. The summed E-state index contributed by atoms with van der Waals surface area (Å²) in [5.41, 5.74) is 19.3. The number of hydrogen-bond acceptors (Lipinski definition) is 4. The molecule has 2 aliphatic heterocycles. The number of hydrogen-bond donors (Lipinski definition) is 0. The highest BCUT2D eigenvalue weighted by Gasteiger charge is 2.46. The van der Waals surface area contributed by atoms with Gasteiger partial charge in [0.1, 0.15) is 0 Å². The molecule has 81 heavy (non-hydrogen) atoms. The molecule has 0 N–H and O–H groups in total. The van der Waals surface area contributed by atoms with E-state index in [1.165, 1.54) is 93.1 Å². The molecule has 0 fully saturated rings. The lowest BCUT2D eigenvalue weighted by Gasteiger charge is -2.46. The number of aromatic nitrogens is 2. The Bertz CT molecular complexity index is 4290. The summed E-state index contributed by atoms with van der Waals surface area (Å²) in [5, 5.41) is 10.8. The molecular weight excluding hydrogens is 980 g/mol. The maximum Gasteiger partial charge on any atom is 0.252 e. The number of nitrogens with zero attached hydrogens (tertiary/aromatic N) is 4. The molecule has 3 heterocycles. The number of anilines is 6. The van der Waals surface area contributed by atoms with Crippen LogP contribution >= 0.6 is 0 Å². The van der Waals surface area contributed by atoms with Crippen LogP contribution in [0.15, 0.2) is 200 Å². The molecule has 0 unspecified atom stereocenters. The molecule has 12 aromatic rings. The molecule has 14 rings (SSSR count). The van der Waals surface area contributed by atoms with E-state index in [4.69, 9.17) is 9.97 Å². The van der Waals surface area contributed by atoms with Crippen molar-refractivity contribution in [2.24, 2.45) is 0 Å². The van der Waals surface area contributed by atoms with Gasteiger partial charge in [0.2, 0.25) is 0 Å². The number of benzene rings is 11. The van der Waals surface area contributed by atoms with Crippen molar-refractivity contribution in [1.29, 1.82) is 0 Å². The smallest absolute Gasteiger partial charge is 0.252 e. The minimum atomic E-state index is -0.147. The number of fused-ring (bicyclic) bond motifs is 11. The van der Waals surface area contributed by atoms with Crippen LogP contribution in [0.25, 0.3) is 76.6 Å². The van der Waals surface area contributed by atoms with Gasteiger partial charge >= 0.3 is 0 Å². The van der Waals surface area contributed by atoms with Gasteiger partial charge in [0.25, 0.3) is 6.71 Å². The Hall–Kier alpha value is -8.54. The third-order valence-electron chi connectivity index (χ3n) is 17.5. The fourth-order valence-electron chi connectivity index (χ4n) is 12.9. The first-order chi connectivity index (χ1) is 38.7. The van der Waals surface area contributed by atoms with Crippen molar-refractivity contribution in [2.45, 2.75) is 105 Å². The van der Waals surface area contributed by atoms with Gasteiger partial charge in [-0.05, 0) is 159 Å². The lowest BCUT2D eigenvalue weighted by molar-refractivity contribution is 0.568. The van der Waals surface area contributed by atoms with Crippen LogP contribution in [0.1, 0.15) is 105 Å². The average Bonchev–Trinajstić information content (AvgIpc) is 2.71. The van der Waals surface area contributed by atoms with Crippen molar-refractivity contribution in [3.8, 4) is 22.6 Å². The molecule has 0 atom stereocenters. The first-order valence-corrected chi connectivity index (χ1v) is 29.0. The first-order valence-electron chi connectivity index (χ1n) is 29.0. The zero-order valence-corrected chi connectivity index (χ0v) is 48.9. The molecule has 1 aromatic heterocycles. The van der Waals surface area contributed by atoms with E-state index < -0.39 is 0 Å². The van der Waals surface area contributed by atoms with Gasteiger partial charge in [-0.15, -0.1) is 0 Å². The number of rotatable bonds is 4. The summed E-state index contributed by atoms with van der Waals surface area (Å²) in [5.74, 6) is 0.685. The maximum atomic E-state index is 5.69. The lowest BCUT2D eigenvalue weighted by Crippen LogP contribution is -2.61. The summed E-state index contributed by atoms with van der Waals surface area (Å²) < 4.78 is 0. The second kappa shape index (κ2) is 18.0. The summed E-state index contributed by atoms with van der Waals surface area (Å²) >= 11 is 0. The van der Waals surface area contributed by atoms with Crippen molar-refractivity contribution in [2.75, 3.05) is 9.80 Å². The monoisotopic (exact) mass is 1050 g/mol. The molecule has 0 amide bonds. The van der Waals surface area contributed by atoms with Gasteiger partial charge in [-0.2, -0.15) is 0 Å². The van der Waals surface area contributed by atoms with Gasteiger partial charge in [0, 0.05) is 61.4 Å². The van der Waals surface area contributed by atoms with Crippen LogP contribution in [0.3, 0.4) is 0 Å². The highest BCUT2D eigenvalue weighted by atomic mass is 15.2. The first kappa shape index (κ1) is 50.7. The molecule has 0 bridgehead atoms. The maximum absolute atomic E-state index is 5.69. The van der Waals surface area contributed by atoms with E-state index in [0.29, 0.717) is 5.82 Å². The quantitative estimate of drug-likeness (QED) is 0.130. The van der Waals surface area contributed by atoms with Crippen molar-refractivity contribution >= 4 is 111 Å². The Morgan fingerprint density at radius 2 is 0.741 bits per heavy atom. The molecule has 0 radical (unpaired) electrons. The number of para-hydroxylation sites is 1. The molecule has 0 saturated heterocycles. The van der Waals surface area contributed by atoms with Crippen molar-refractivity contribution in [3.05, 3.63) is 222 Å². The van der Waals surface area contributed by atoms with Gasteiger partial charge in [-0.1, -0.05) is 217 Å². The largest absolute Gasteiger partial charge is 0.311 e. The van der Waals surface area contributed by atoms with Gasteiger partial charge in [0.05, 0.1) is 11.2 Å². The predicted molar refractivity (Wildman–Crippen MR) is 349 cm³/mol. The topological polar surface area (TPSA) is 32.3 Å². The minimum Gasteiger partial charge on any atom is -0.311 e. The van der Waals surface area contributed by atoms with E-state index in [2.05, 4.69) is 293 Å². The summed E-state index contributed by atoms with van der Waals surface area (Å²) in [6.07, 6.45) is 0. The van der Waals surface area contributed by atoms with Gasteiger partial charge in [-0.25, -0.2) is 9.97 Å². The van der Waals surface area contributed by atoms with Gasteiger partial charge in [0.15, 0.2) is 5.82 Å². The molecule has 0 spiro atoms. The minimum absolute atomic E-state index is 0.135. The molecule has 0 saturated carbocycles. The molecule has 0 aliphatic carbocycles. The van der Waals surface area contributed by atoms with E-state index in [9.17, 15) is 0 Å².